The van der Waals surface area contributed by atoms with E-state index in [9.17, 15) is 0 Å². The number of rotatable bonds is 2. The molecule has 4 nitrogen and oxygen atoms in total. The largest absolute Gasteiger partial charge is 0.319 e. The predicted octanol–water partition coefficient (Wildman–Crippen LogP) is 1.68. The molecule has 0 unspecified atom stereocenters. The lowest BCUT2D eigenvalue weighted by molar-refractivity contribution is 0.481. The number of nitrogens with two attached hydrogens (primary N) is 1. The van der Waals surface area contributed by atoms with Crippen LogP contribution in [0.5, 0.6) is 0 Å². The lowest BCUT2D eigenvalue weighted by Gasteiger charge is -2.16. The van der Waals surface area contributed by atoms with E-state index < -0.39 is 5.54 Å². The molecule has 0 aliphatic heterocycles. The molecule has 0 saturated heterocycles. The van der Waals surface area contributed by atoms with Gasteiger partial charge in [0.1, 0.15) is 5.82 Å². The van der Waals surface area contributed by atoms with Gasteiger partial charge < -0.3 is 5.73 Å². The van der Waals surface area contributed by atoms with Crippen molar-refractivity contribution in [2.75, 3.05) is 0 Å². The Morgan fingerprint density at radius 1 is 1.19 bits per heavy atom. The fourth-order valence-electron chi connectivity index (χ4n) is 1.66. The summed E-state index contributed by atoms with van der Waals surface area (Å²) in [6.45, 7) is 3.84. The van der Waals surface area contributed by atoms with E-state index in [1.54, 1.807) is 4.68 Å². The van der Waals surface area contributed by atoms with Gasteiger partial charge in [-0.2, -0.15) is 5.10 Å². The average Bonchev–Trinajstić information content (AvgIpc) is 2.61. The molecule has 2 aromatic rings. The lowest BCUT2D eigenvalue weighted by atomic mass is 10.1. The van der Waals surface area contributed by atoms with Crippen LogP contribution in [-0.4, -0.2) is 14.8 Å². The molecular formula is C12H16N4. The van der Waals surface area contributed by atoms with Crippen molar-refractivity contribution in [3.63, 3.8) is 0 Å². The molecule has 0 radical (unpaired) electrons. The van der Waals surface area contributed by atoms with E-state index >= 15 is 0 Å². The summed E-state index contributed by atoms with van der Waals surface area (Å²) >= 11 is 0. The standard InChI is InChI=1S/C12H16N4/c1-12(2,13)11-14-10(15-16(11)3)9-7-5-4-6-8-9/h4-8H,13H2,1-3H3. The summed E-state index contributed by atoms with van der Waals surface area (Å²) in [4.78, 5) is 4.48. The summed E-state index contributed by atoms with van der Waals surface area (Å²) < 4.78 is 1.74. The lowest BCUT2D eigenvalue weighted by Crippen LogP contribution is -2.32. The van der Waals surface area contributed by atoms with Gasteiger partial charge in [-0.15, -0.1) is 0 Å². The molecule has 0 bridgehead atoms. The summed E-state index contributed by atoms with van der Waals surface area (Å²) in [7, 11) is 1.86. The molecule has 1 aromatic heterocycles. The molecule has 0 fully saturated rings. The second-order valence-corrected chi connectivity index (χ2v) is 4.47. The van der Waals surface area contributed by atoms with Crippen molar-refractivity contribution in [3.05, 3.63) is 36.2 Å². The van der Waals surface area contributed by atoms with Crippen LogP contribution in [0.4, 0.5) is 0 Å². The van der Waals surface area contributed by atoms with Crippen LogP contribution in [0, 0.1) is 0 Å². The summed E-state index contributed by atoms with van der Waals surface area (Å²) in [5.41, 5.74) is 6.56. The maximum Gasteiger partial charge on any atom is 0.181 e. The summed E-state index contributed by atoms with van der Waals surface area (Å²) in [6, 6.07) is 9.89. The van der Waals surface area contributed by atoms with E-state index in [0.717, 1.165) is 17.2 Å². The number of nitrogens with zero attached hydrogens (tertiary/aromatic N) is 3. The topological polar surface area (TPSA) is 56.7 Å². The van der Waals surface area contributed by atoms with E-state index in [2.05, 4.69) is 10.1 Å². The zero-order valence-corrected chi connectivity index (χ0v) is 9.81. The third-order valence-corrected chi connectivity index (χ3v) is 2.37. The zero-order chi connectivity index (χ0) is 11.8. The smallest absolute Gasteiger partial charge is 0.181 e. The van der Waals surface area contributed by atoms with E-state index in [1.165, 1.54) is 0 Å². The Bertz CT molecular complexity index is 479. The van der Waals surface area contributed by atoms with Crippen LogP contribution in [-0.2, 0) is 12.6 Å². The predicted molar refractivity (Wildman–Crippen MR) is 63.7 cm³/mol. The minimum absolute atomic E-state index is 0.477. The molecule has 0 saturated carbocycles. The van der Waals surface area contributed by atoms with Crippen molar-refractivity contribution in [2.24, 2.45) is 12.8 Å². The molecular weight excluding hydrogens is 200 g/mol. The second kappa shape index (κ2) is 3.72. The van der Waals surface area contributed by atoms with Crippen molar-refractivity contribution in [3.8, 4) is 11.4 Å². The fraction of sp³-hybridized carbons (Fsp3) is 0.333. The molecule has 16 heavy (non-hydrogen) atoms. The highest BCUT2D eigenvalue weighted by molar-refractivity contribution is 5.54. The molecule has 1 aromatic carbocycles. The van der Waals surface area contributed by atoms with E-state index in [-0.39, 0.29) is 0 Å². The van der Waals surface area contributed by atoms with E-state index in [0.29, 0.717) is 0 Å². The van der Waals surface area contributed by atoms with Gasteiger partial charge in [0.25, 0.3) is 0 Å². The Hall–Kier alpha value is -1.68. The second-order valence-electron chi connectivity index (χ2n) is 4.47. The summed E-state index contributed by atoms with van der Waals surface area (Å²) in [6.07, 6.45) is 0. The van der Waals surface area contributed by atoms with Gasteiger partial charge in [0.15, 0.2) is 5.82 Å². The van der Waals surface area contributed by atoms with Gasteiger partial charge in [-0.05, 0) is 13.8 Å². The van der Waals surface area contributed by atoms with Crippen LogP contribution >= 0.6 is 0 Å². The first-order valence-corrected chi connectivity index (χ1v) is 5.24. The minimum Gasteiger partial charge on any atom is -0.319 e. The molecule has 0 atom stereocenters. The number of hydrogen-bond acceptors (Lipinski definition) is 3. The molecule has 0 spiro atoms. The molecule has 4 heteroatoms. The van der Waals surface area contributed by atoms with Crippen molar-refractivity contribution < 1.29 is 0 Å². The number of benzene rings is 1. The number of aryl methyl sites for hydroxylation is 1. The van der Waals surface area contributed by atoms with Crippen LogP contribution in [0.15, 0.2) is 30.3 Å². The first-order chi connectivity index (χ1) is 7.48. The Morgan fingerprint density at radius 2 is 1.81 bits per heavy atom. The molecule has 2 rings (SSSR count). The van der Waals surface area contributed by atoms with Gasteiger partial charge in [0, 0.05) is 12.6 Å². The third kappa shape index (κ3) is 1.97. The Kier molecular flexibility index (Phi) is 2.52. The number of aromatic nitrogens is 3. The highest BCUT2D eigenvalue weighted by atomic mass is 15.3. The van der Waals surface area contributed by atoms with Crippen LogP contribution in [0.25, 0.3) is 11.4 Å². The minimum atomic E-state index is -0.477. The quantitative estimate of drug-likeness (QED) is 0.830. The number of hydrogen-bond donors (Lipinski definition) is 1. The highest BCUT2D eigenvalue weighted by Crippen LogP contribution is 2.19. The summed E-state index contributed by atoms with van der Waals surface area (Å²) in [5, 5.41) is 4.37. The van der Waals surface area contributed by atoms with Gasteiger partial charge in [-0.1, -0.05) is 30.3 Å². The van der Waals surface area contributed by atoms with Crippen LogP contribution in [0.2, 0.25) is 0 Å². The van der Waals surface area contributed by atoms with Crippen LogP contribution in [0.1, 0.15) is 19.7 Å². The van der Waals surface area contributed by atoms with Crippen molar-refractivity contribution in [1.82, 2.24) is 14.8 Å². The van der Waals surface area contributed by atoms with Crippen molar-refractivity contribution in [1.29, 1.82) is 0 Å². The Balaban J connectivity index is 2.47. The molecule has 84 valence electrons. The van der Waals surface area contributed by atoms with Gasteiger partial charge in [0.2, 0.25) is 0 Å². The molecule has 0 aliphatic rings. The molecule has 0 aliphatic carbocycles. The van der Waals surface area contributed by atoms with Crippen molar-refractivity contribution in [2.45, 2.75) is 19.4 Å². The van der Waals surface area contributed by atoms with Gasteiger partial charge in [0.05, 0.1) is 5.54 Å². The molecule has 2 N–H and O–H groups in total. The van der Waals surface area contributed by atoms with E-state index in [1.807, 2.05) is 51.2 Å². The fourth-order valence-corrected chi connectivity index (χ4v) is 1.66. The maximum atomic E-state index is 6.03. The van der Waals surface area contributed by atoms with Gasteiger partial charge >= 0.3 is 0 Å². The SMILES string of the molecule is Cn1nc(-c2ccccc2)nc1C(C)(C)N. The van der Waals surface area contributed by atoms with Gasteiger partial charge in [-0.3, -0.25) is 4.68 Å². The Labute approximate surface area is 95.1 Å². The van der Waals surface area contributed by atoms with Crippen molar-refractivity contribution >= 4 is 0 Å². The van der Waals surface area contributed by atoms with Gasteiger partial charge in [-0.25, -0.2) is 4.98 Å². The van der Waals surface area contributed by atoms with E-state index in [4.69, 9.17) is 5.73 Å². The average molecular weight is 216 g/mol. The highest BCUT2D eigenvalue weighted by Gasteiger charge is 2.22. The Morgan fingerprint density at radius 3 is 2.31 bits per heavy atom. The molecule has 0 amide bonds. The third-order valence-electron chi connectivity index (χ3n) is 2.37. The first kappa shape index (κ1) is 10.8. The summed E-state index contributed by atoms with van der Waals surface area (Å²) in [5.74, 6) is 1.50. The van der Waals surface area contributed by atoms with Crippen LogP contribution in [0.3, 0.4) is 0 Å². The van der Waals surface area contributed by atoms with Crippen LogP contribution < -0.4 is 5.73 Å². The monoisotopic (exact) mass is 216 g/mol. The zero-order valence-electron chi connectivity index (χ0n) is 9.81. The molecule has 1 heterocycles. The first-order valence-electron chi connectivity index (χ1n) is 5.24. The normalized spacial score (nSPS) is 11.8. The maximum absolute atomic E-state index is 6.03.